The fourth-order valence-corrected chi connectivity index (χ4v) is 5.54. The number of rotatable bonds is 4. The lowest BCUT2D eigenvalue weighted by atomic mass is 9.91. The molecule has 2 fully saturated rings. The first-order valence-electron chi connectivity index (χ1n) is 10.9. The molecule has 2 aliphatic rings. The van der Waals surface area contributed by atoms with Crippen molar-refractivity contribution >= 4 is 39.1 Å². The van der Waals surface area contributed by atoms with Crippen LogP contribution in [0.5, 0.6) is 0 Å². The Morgan fingerprint density at radius 3 is 2.39 bits per heavy atom. The Labute approximate surface area is 190 Å². The van der Waals surface area contributed by atoms with Gasteiger partial charge in [-0.05, 0) is 44.4 Å². The molecule has 0 radical (unpaired) electrons. The second-order valence-corrected chi connectivity index (χ2v) is 11.4. The summed E-state index contributed by atoms with van der Waals surface area (Å²) in [7, 11) is -3.65. The minimum absolute atomic E-state index is 0.0237. The zero-order valence-electron chi connectivity index (χ0n) is 18.5. The molecular formula is C22H32ClN3O4S. The highest BCUT2D eigenvalue weighted by Gasteiger charge is 2.51. The van der Waals surface area contributed by atoms with E-state index >= 15 is 0 Å². The Hall–Kier alpha value is -1.64. The van der Waals surface area contributed by atoms with Crippen LogP contribution in [0.2, 0.25) is 5.02 Å². The molecule has 0 bridgehead atoms. The lowest BCUT2D eigenvalue weighted by Gasteiger charge is -2.47. The molecule has 0 aromatic heterocycles. The van der Waals surface area contributed by atoms with Crippen molar-refractivity contribution in [1.29, 1.82) is 0 Å². The molecule has 7 nitrogen and oxygen atoms in total. The van der Waals surface area contributed by atoms with Crippen LogP contribution in [0.15, 0.2) is 18.2 Å². The highest BCUT2D eigenvalue weighted by Crippen LogP contribution is 2.34. The lowest BCUT2D eigenvalue weighted by molar-refractivity contribution is -0.133. The third kappa shape index (κ3) is 5.41. The van der Waals surface area contributed by atoms with Gasteiger partial charge in [-0.25, -0.2) is 8.42 Å². The summed E-state index contributed by atoms with van der Waals surface area (Å²) in [4.78, 5) is 28.3. The Kier molecular flexibility index (Phi) is 7.33. The van der Waals surface area contributed by atoms with E-state index in [0.29, 0.717) is 10.7 Å². The first kappa shape index (κ1) is 24.0. The monoisotopic (exact) mass is 469 g/mol. The smallest absolute Gasteiger partial charge is 0.247 e. The third-order valence-electron chi connectivity index (χ3n) is 6.35. The normalized spacial score (nSPS) is 24.5. The third-order valence-corrected chi connectivity index (χ3v) is 7.78. The molecular weight excluding hydrogens is 438 g/mol. The van der Waals surface area contributed by atoms with Crippen LogP contribution in [0.4, 0.5) is 5.69 Å². The van der Waals surface area contributed by atoms with E-state index in [2.05, 4.69) is 5.32 Å². The number of halogens is 1. The molecule has 0 unspecified atom stereocenters. The van der Waals surface area contributed by atoms with E-state index in [1.807, 2.05) is 6.92 Å². The molecule has 1 aliphatic heterocycles. The molecule has 9 heteroatoms. The van der Waals surface area contributed by atoms with E-state index in [0.717, 1.165) is 54.6 Å². The minimum atomic E-state index is -3.65. The first-order chi connectivity index (χ1) is 14.5. The second-order valence-electron chi connectivity index (χ2n) is 8.98. The zero-order chi connectivity index (χ0) is 22.8. The first-order valence-corrected chi connectivity index (χ1v) is 13.1. The summed E-state index contributed by atoms with van der Waals surface area (Å²) >= 11 is 6.20. The van der Waals surface area contributed by atoms with Gasteiger partial charge in [-0.1, -0.05) is 49.8 Å². The number of aryl methyl sites for hydroxylation is 1. The summed E-state index contributed by atoms with van der Waals surface area (Å²) in [5, 5.41) is 3.58. The minimum Gasteiger partial charge on any atom is -0.351 e. The van der Waals surface area contributed by atoms with Gasteiger partial charge in [0.15, 0.2) is 0 Å². The van der Waals surface area contributed by atoms with Crippen LogP contribution in [-0.4, -0.2) is 55.5 Å². The van der Waals surface area contributed by atoms with Crippen molar-refractivity contribution in [3.8, 4) is 0 Å². The summed E-state index contributed by atoms with van der Waals surface area (Å²) in [6.45, 7) is 3.06. The van der Waals surface area contributed by atoms with Crippen LogP contribution in [0.3, 0.4) is 0 Å². The maximum atomic E-state index is 13.6. The van der Waals surface area contributed by atoms with Crippen molar-refractivity contribution in [1.82, 2.24) is 9.62 Å². The summed E-state index contributed by atoms with van der Waals surface area (Å²) in [5.74, 6) is -0.781. The van der Waals surface area contributed by atoms with E-state index in [4.69, 9.17) is 11.6 Å². The van der Waals surface area contributed by atoms with E-state index < -0.39 is 21.5 Å². The number of hydrogen-bond acceptors (Lipinski definition) is 4. The van der Waals surface area contributed by atoms with Gasteiger partial charge in [0.2, 0.25) is 21.8 Å². The van der Waals surface area contributed by atoms with Crippen LogP contribution in [0.25, 0.3) is 0 Å². The highest BCUT2D eigenvalue weighted by atomic mass is 35.5. The molecule has 1 aliphatic carbocycles. The number of amides is 2. The standard InChI is InChI=1S/C22H32ClN3O4S/c1-16-11-12-17(23)13-19(16)26-20(27)14-25(31(3,29)30)15-22(26,2)21(28)24-18-9-7-5-4-6-8-10-18/h11-13,18H,4-10,14-15H2,1-3H3,(H,24,28)/t22-/m0/s1. The number of anilines is 1. The number of nitrogens with zero attached hydrogens (tertiary/aromatic N) is 2. The van der Waals surface area contributed by atoms with Crippen molar-refractivity contribution in [2.75, 3.05) is 24.2 Å². The number of hydrogen-bond donors (Lipinski definition) is 1. The summed E-state index contributed by atoms with van der Waals surface area (Å²) in [6, 6.07) is 5.20. The molecule has 1 atom stereocenters. The maximum absolute atomic E-state index is 13.6. The number of carbonyl (C=O) groups excluding carboxylic acids is 2. The SMILES string of the molecule is Cc1ccc(Cl)cc1N1C(=O)CN(S(C)(=O)=O)C[C@@]1(C)C(=O)NC1CCCCCCC1. The Morgan fingerprint density at radius 1 is 1.16 bits per heavy atom. The van der Waals surface area contributed by atoms with Crippen molar-refractivity contribution in [2.45, 2.75) is 70.4 Å². The quantitative estimate of drug-likeness (QED) is 0.733. The van der Waals surface area contributed by atoms with Crippen LogP contribution in [0.1, 0.15) is 57.4 Å². The maximum Gasteiger partial charge on any atom is 0.247 e. The molecule has 172 valence electrons. The van der Waals surface area contributed by atoms with Crippen molar-refractivity contribution < 1.29 is 18.0 Å². The molecule has 31 heavy (non-hydrogen) atoms. The number of piperazine rings is 1. The highest BCUT2D eigenvalue weighted by molar-refractivity contribution is 7.88. The predicted octanol–water partition coefficient (Wildman–Crippen LogP) is 3.24. The molecule has 3 rings (SSSR count). The fraction of sp³-hybridized carbons (Fsp3) is 0.636. The molecule has 2 amide bonds. The summed E-state index contributed by atoms with van der Waals surface area (Å²) in [6.07, 6.45) is 8.46. The van der Waals surface area contributed by atoms with Gasteiger partial charge in [0.25, 0.3) is 0 Å². The number of sulfonamides is 1. The van der Waals surface area contributed by atoms with Gasteiger partial charge < -0.3 is 5.32 Å². The lowest BCUT2D eigenvalue weighted by Crippen LogP contribution is -2.70. The summed E-state index contributed by atoms with van der Waals surface area (Å²) in [5.41, 5.74) is -0.0764. The van der Waals surface area contributed by atoms with Gasteiger partial charge in [0, 0.05) is 23.3 Å². The van der Waals surface area contributed by atoms with Crippen molar-refractivity contribution in [3.05, 3.63) is 28.8 Å². The fourth-order valence-electron chi connectivity index (χ4n) is 4.54. The molecule has 0 spiro atoms. The molecule has 1 saturated carbocycles. The van der Waals surface area contributed by atoms with Crippen LogP contribution in [0, 0.1) is 6.92 Å². The molecule has 1 saturated heterocycles. The van der Waals surface area contributed by atoms with Gasteiger partial charge in [0.05, 0.1) is 12.8 Å². The molecule has 1 aromatic carbocycles. The van der Waals surface area contributed by atoms with E-state index in [1.165, 1.54) is 11.3 Å². The van der Waals surface area contributed by atoms with E-state index in [9.17, 15) is 18.0 Å². The Morgan fingerprint density at radius 2 is 1.77 bits per heavy atom. The molecule has 1 heterocycles. The van der Waals surface area contributed by atoms with Gasteiger partial charge in [0.1, 0.15) is 5.54 Å². The van der Waals surface area contributed by atoms with Gasteiger partial charge in [-0.2, -0.15) is 4.31 Å². The van der Waals surface area contributed by atoms with Crippen molar-refractivity contribution in [2.24, 2.45) is 0 Å². The molecule has 1 N–H and O–H groups in total. The van der Waals surface area contributed by atoms with Crippen LogP contribution >= 0.6 is 11.6 Å². The van der Waals surface area contributed by atoms with Crippen LogP contribution in [-0.2, 0) is 19.6 Å². The zero-order valence-corrected chi connectivity index (χ0v) is 20.1. The number of nitrogens with one attached hydrogen (secondary N) is 1. The van der Waals surface area contributed by atoms with Gasteiger partial charge in [-0.3, -0.25) is 14.5 Å². The van der Waals surface area contributed by atoms with E-state index in [1.54, 1.807) is 25.1 Å². The van der Waals surface area contributed by atoms with Gasteiger partial charge in [-0.15, -0.1) is 0 Å². The second kappa shape index (κ2) is 9.46. The van der Waals surface area contributed by atoms with Gasteiger partial charge >= 0.3 is 0 Å². The van der Waals surface area contributed by atoms with Crippen molar-refractivity contribution in [3.63, 3.8) is 0 Å². The Balaban J connectivity index is 1.98. The topological polar surface area (TPSA) is 86.8 Å². The largest absolute Gasteiger partial charge is 0.351 e. The Bertz CT molecular complexity index is 944. The average Bonchev–Trinajstić information content (AvgIpc) is 2.65. The van der Waals surface area contributed by atoms with Crippen LogP contribution < -0.4 is 10.2 Å². The number of carbonyl (C=O) groups is 2. The van der Waals surface area contributed by atoms with E-state index in [-0.39, 0.29) is 25.0 Å². The summed E-state index contributed by atoms with van der Waals surface area (Å²) < 4.78 is 25.7. The number of benzene rings is 1. The average molecular weight is 470 g/mol. The molecule has 1 aromatic rings. The predicted molar refractivity (Wildman–Crippen MR) is 123 cm³/mol.